The van der Waals surface area contributed by atoms with Crippen LogP contribution in [0.1, 0.15) is 17.7 Å². The first-order valence-electron chi connectivity index (χ1n) is 3.83. The molecule has 0 unspecified atom stereocenters. The third-order valence-corrected chi connectivity index (χ3v) is 2.48. The number of hydrogen-bond acceptors (Lipinski definition) is 2. The Labute approximate surface area is 96.5 Å². The molecule has 1 aromatic rings. The molecule has 1 rings (SSSR count). The molecule has 2 N–H and O–H groups in total. The number of rotatable bonds is 3. The van der Waals surface area contributed by atoms with Crippen molar-refractivity contribution in [3.63, 3.8) is 0 Å². The summed E-state index contributed by atoms with van der Waals surface area (Å²) in [5.74, 6) is -1.27. The van der Waals surface area contributed by atoms with Crippen LogP contribution in [-0.2, 0) is 11.2 Å². The van der Waals surface area contributed by atoms with E-state index >= 15 is 0 Å². The van der Waals surface area contributed by atoms with E-state index in [1.165, 1.54) is 0 Å². The Hall–Kier alpha value is -0.990. The van der Waals surface area contributed by atoms with Crippen LogP contribution in [-0.4, -0.2) is 16.1 Å². The Morgan fingerprint density at radius 1 is 1.60 bits per heavy atom. The van der Waals surface area contributed by atoms with E-state index in [9.17, 15) is 18.4 Å². The number of pyridine rings is 1. The number of carboxylic acids is 1. The molecular weight excluding hydrogens is 323 g/mol. The molecule has 82 valence electrons. The molecule has 0 fully saturated rings. The number of aliphatic carboxylic acids is 1. The van der Waals surface area contributed by atoms with Gasteiger partial charge in [0.1, 0.15) is 0 Å². The molecule has 15 heavy (non-hydrogen) atoms. The maximum atomic E-state index is 12.5. The summed E-state index contributed by atoms with van der Waals surface area (Å²) in [4.78, 5) is 23.6. The second-order valence-corrected chi connectivity index (χ2v) is 3.91. The fraction of sp³-hybridized carbons (Fsp3) is 0.250. The monoisotopic (exact) mass is 329 g/mol. The summed E-state index contributed by atoms with van der Waals surface area (Å²) in [6.07, 6.45) is -3.42. The molecule has 0 aliphatic heterocycles. The van der Waals surface area contributed by atoms with E-state index in [2.05, 4.69) is 4.98 Å². The van der Waals surface area contributed by atoms with Crippen molar-refractivity contribution in [2.75, 3.05) is 0 Å². The van der Waals surface area contributed by atoms with Gasteiger partial charge in [0.2, 0.25) is 0 Å². The molecule has 0 spiro atoms. The molecule has 1 aromatic heterocycles. The number of carbonyl (C=O) groups is 1. The first-order valence-corrected chi connectivity index (χ1v) is 4.91. The summed E-state index contributed by atoms with van der Waals surface area (Å²) in [7, 11) is 0. The third-order valence-electron chi connectivity index (χ3n) is 1.68. The molecule has 0 saturated carbocycles. The van der Waals surface area contributed by atoms with Gasteiger partial charge >= 0.3 is 5.97 Å². The minimum atomic E-state index is -2.80. The Morgan fingerprint density at radius 3 is 2.67 bits per heavy atom. The van der Waals surface area contributed by atoms with Crippen molar-refractivity contribution in [1.82, 2.24) is 4.98 Å². The zero-order valence-corrected chi connectivity index (χ0v) is 9.42. The smallest absolute Gasteiger partial charge is 0.309 e. The van der Waals surface area contributed by atoms with Crippen LogP contribution >= 0.6 is 22.6 Å². The van der Waals surface area contributed by atoms with Crippen molar-refractivity contribution in [3.8, 4) is 0 Å². The van der Waals surface area contributed by atoms with Crippen LogP contribution < -0.4 is 5.56 Å². The highest BCUT2D eigenvalue weighted by molar-refractivity contribution is 14.1. The molecule has 0 atom stereocenters. The van der Waals surface area contributed by atoms with Crippen LogP contribution in [0.5, 0.6) is 0 Å². The number of aromatic amines is 1. The SMILES string of the molecule is O=C(O)Cc1[nH]c(=O)c(I)cc1C(F)F. The van der Waals surface area contributed by atoms with Crippen LogP contribution in [0.4, 0.5) is 8.78 Å². The Kier molecular flexibility index (Phi) is 3.77. The van der Waals surface area contributed by atoms with Crippen LogP contribution in [0.3, 0.4) is 0 Å². The van der Waals surface area contributed by atoms with Gasteiger partial charge in [0.15, 0.2) is 0 Å². The van der Waals surface area contributed by atoms with E-state index in [4.69, 9.17) is 5.11 Å². The average Bonchev–Trinajstić information content (AvgIpc) is 2.09. The predicted octanol–water partition coefficient (Wildman–Crippen LogP) is 1.54. The summed E-state index contributed by atoms with van der Waals surface area (Å²) < 4.78 is 25.1. The molecule has 0 aromatic carbocycles. The van der Waals surface area contributed by atoms with Gasteiger partial charge in [0.05, 0.1) is 9.99 Å². The fourth-order valence-corrected chi connectivity index (χ4v) is 1.52. The average molecular weight is 329 g/mol. The number of alkyl halides is 2. The van der Waals surface area contributed by atoms with Gasteiger partial charge in [-0.3, -0.25) is 9.59 Å². The molecule has 0 aliphatic carbocycles. The minimum Gasteiger partial charge on any atom is -0.481 e. The molecule has 0 amide bonds. The molecule has 7 heteroatoms. The largest absolute Gasteiger partial charge is 0.481 e. The lowest BCUT2D eigenvalue weighted by Crippen LogP contribution is -2.17. The Bertz CT molecular complexity index is 444. The first kappa shape index (κ1) is 12.1. The molecule has 1 heterocycles. The molecule has 0 saturated heterocycles. The second kappa shape index (κ2) is 4.69. The van der Waals surface area contributed by atoms with E-state index in [0.717, 1.165) is 6.07 Å². The van der Waals surface area contributed by atoms with Gasteiger partial charge in [-0.05, 0) is 28.7 Å². The van der Waals surface area contributed by atoms with Crippen molar-refractivity contribution < 1.29 is 18.7 Å². The highest BCUT2D eigenvalue weighted by Crippen LogP contribution is 2.22. The lowest BCUT2D eigenvalue weighted by Gasteiger charge is -2.06. The van der Waals surface area contributed by atoms with Crippen molar-refractivity contribution in [2.45, 2.75) is 12.8 Å². The van der Waals surface area contributed by atoms with Crippen molar-refractivity contribution in [3.05, 3.63) is 31.2 Å². The van der Waals surface area contributed by atoms with E-state index in [0.29, 0.717) is 0 Å². The van der Waals surface area contributed by atoms with Crippen LogP contribution in [0.15, 0.2) is 10.9 Å². The maximum absolute atomic E-state index is 12.5. The number of carboxylic acid groups (broad SMARTS) is 1. The van der Waals surface area contributed by atoms with Gasteiger partial charge < -0.3 is 10.1 Å². The second-order valence-electron chi connectivity index (χ2n) is 2.75. The lowest BCUT2D eigenvalue weighted by atomic mass is 10.1. The van der Waals surface area contributed by atoms with Gasteiger partial charge in [-0.2, -0.15) is 0 Å². The van der Waals surface area contributed by atoms with E-state index < -0.39 is 29.9 Å². The number of nitrogens with one attached hydrogen (secondary N) is 1. The standard InChI is InChI=1S/C8H6F2INO3/c9-7(10)3-1-4(11)8(15)12-5(3)2-6(13)14/h1,7H,2H2,(H,12,15)(H,13,14). The molecule has 4 nitrogen and oxygen atoms in total. The van der Waals surface area contributed by atoms with Crippen LogP contribution in [0.2, 0.25) is 0 Å². The van der Waals surface area contributed by atoms with Gasteiger partial charge in [0.25, 0.3) is 12.0 Å². The highest BCUT2D eigenvalue weighted by Gasteiger charge is 2.17. The van der Waals surface area contributed by atoms with Crippen molar-refractivity contribution in [1.29, 1.82) is 0 Å². The highest BCUT2D eigenvalue weighted by atomic mass is 127. The zero-order valence-electron chi connectivity index (χ0n) is 7.26. The summed E-state index contributed by atoms with van der Waals surface area (Å²) in [6.45, 7) is 0. The van der Waals surface area contributed by atoms with Gasteiger partial charge in [-0.1, -0.05) is 0 Å². The summed E-state index contributed by atoms with van der Waals surface area (Å²) in [5, 5.41) is 8.46. The van der Waals surface area contributed by atoms with E-state index in [1.54, 1.807) is 22.6 Å². The molecule has 0 bridgehead atoms. The van der Waals surface area contributed by atoms with E-state index in [1.807, 2.05) is 0 Å². The fourth-order valence-electron chi connectivity index (χ4n) is 1.05. The van der Waals surface area contributed by atoms with E-state index in [-0.39, 0.29) is 9.26 Å². The summed E-state index contributed by atoms with van der Waals surface area (Å²) in [6, 6.07) is 1.00. The molecule has 0 aliphatic rings. The first-order chi connectivity index (χ1) is 6.91. The van der Waals surface area contributed by atoms with Gasteiger partial charge in [-0.25, -0.2) is 8.78 Å². The van der Waals surface area contributed by atoms with Gasteiger partial charge in [-0.15, -0.1) is 0 Å². The number of hydrogen-bond donors (Lipinski definition) is 2. The lowest BCUT2D eigenvalue weighted by molar-refractivity contribution is -0.136. The van der Waals surface area contributed by atoms with Crippen LogP contribution in [0, 0.1) is 3.57 Å². The summed E-state index contributed by atoms with van der Waals surface area (Å²) >= 11 is 1.61. The maximum Gasteiger partial charge on any atom is 0.309 e. The number of H-pyrrole nitrogens is 1. The Morgan fingerprint density at radius 2 is 2.20 bits per heavy atom. The van der Waals surface area contributed by atoms with Crippen LogP contribution in [0.25, 0.3) is 0 Å². The zero-order chi connectivity index (χ0) is 11.6. The minimum absolute atomic E-state index is 0.108. The topological polar surface area (TPSA) is 70.2 Å². The van der Waals surface area contributed by atoms with Crippen molar-refractivity contribution >= 4 is 28.6 Å². The Balaban J connectivity index is 3.28. The quantitative estimate of drug-likeness (QED) is 0.827. The number of aromatic nitrogens is 1. The van der Waals surface area contributed by atoms with Crippen molar-refractivity contribution in [2.24, 2.45) is 0 Å². The third kappa shape index (κ3) is 2.98. The normalized spacial score (nSPS) is 10.7. The predicted molar refractivity (Wildman–Crippen MR) is 56.1 cm³/mol. The van der Waals surface area contributed by atoms with Gasteiger partial charge in [0, 0.05) is 11.3 Å². The molecule has 0 radical (unpaired) electrons. The molecular formula is C8H6F2INO3. The number of halogens is 3. The summed E-state index contributed by atoms with van der Waals surface area (Å²) in [5.41, 5.74) is -1.25.